The lowest BCUT2D eigenvalue weighted by molar-refractivity contribution is 0.0482. The van der Waals surface area contributed by atoms with Gasteiger partial charge in [-0.3, -0.25) is 11.3 Å². The van der Waals surface area contributed by atoms with Crippen LogP contribution in [-0.2, 0) is 14.6 Å². The SMILES string of the molecule is COC(C1CC1)C(CCCS(C)(=O)=O)NN. The third-order valence-corrected chi connectivity index (χ3v) is 4.03. The summed E-state index contributed by atoms with van der Waals surface area (Å²) in [6, 6.07) is 0.0549. The molecule has 2 unspecified atom stereocenters. The summed E-state index contributed by atoms with van der Waals surface area (Å²) in [5, 5.41) is 0. The fourth-order valence-electron chi connectivity index (χ4n) is 2.02. The average Bonchev–Trinajstić information content (AvgIpc) is 2.98. The van der Waals surface area contributed by atoms with Crippen molar-refractivity contribution in [2.45, 2.75) is 37.8 Å². The lowest BCUT2D eigenvalue weighted by Crippen LogP contribution is -2.46. The lowest BCUT2D eigenvalue weighted by Gasteiger charge is -2.25. The third kappa shape index (κ3) is 4.78. The molecule has 0 saturated heterocycles. The number of nitrogens with two attached hydrogens (primary N) is 1. The number of sulfone groups is 1. The first-order valence-corrected chi connectivity index (χ1v) is 7.70. The molecule has 2 atom stereocenters. The fraction of sp³-hybridized carbons (Fsp3) is 1.00. The minimum Gasteiger partial charge on any atom is -0.379 e. The maximum Gasteiger partial charge on any atom is 0.147 e. The zero-order valence-corrected chi connectivity index (χ0v) is 10.8. The number of hydrazine groups is 1. The monoisotopic (exact) mass is 250 g/mol. The van der Waals surface area contributed by atoms with Crippen molar-refractivity contribution in [1.82, 2.24) is 5.43 Å². The van der Waals surface area contributed by atoms with Gasteiger partial charge in [0.25, 0.3) is 0 Å². The van der Waals surface area contributed by atoms with Gasteiger partial charge >= 0.3 is 0 Å². The fourth-order valence-corrected chi connectivity index (χ4v) is 2.71. The molecule has 0 bridgehead atoms. The molecule has 0 heterocycles. The Balaban J connectivity index is 2.35. The number of nitrogens with one attached hydrogen (secondary N) is 1. The molecule has 0 amide bonds. The smallest absolute Gasteiger partial charge is 0.147 e. The van der Waals surface area contributed by atoms with Crippen LogP contribution in [0.4, 0.5) is 0 Å². The molecular formula is C10H22N2O3S. The summed E-state index contributed by atoms with van der Waals surface area (Å²) < 4.78 is 27.4. The molecule has 1 rings (SSSR count). The highest BCUT2D eigenvalue weighted by molar-refractivity contribution is 7.90. The quantitative estimate of drug-likeness (QED) is 0.470. The molecular weight excluding hydrogens is 228 g/mol. The van der Waals surface area contributed by atoms with Gasteiger partial charge in [0, 0.05) is 25.2 Å². The Kier molecular flexibility index (Phi) is 5.17. The molecule has 1 aliphatic rings. The van der Waals surface area contributed by atoms with Gasteiger partial charge in [-0.05, 0) is 31.6 Å². The van der Waals surface area contributed by atoms with Gasteiger partial charge in [0.15, 0.2) is 0 Å². The van der Waals surface area contributed by atoms with Crippen LogP contribution in [0, 0.1) is 5.92 Å². The molecule has 5 nitrogen and oxygen atoms in total. The van der Waals surface area contributed by atoms with Gasteiger partial charge < -0.3 is 4.74 Å². The third-order valence-electron chi connectivity index (χ3n) is 3.00. The van der Waals surface area contributed by atoms with Gasteiger partial charge in [0.2, 0.25) is 0 Å². The molecule has 1 fully saturated rings. The molecule has 0 aromatic carbocycles. The Labute approximate surface area is 97.6 Å². The van der Waals surface area contributed by atoms with Crippen molar-refractivity contribution in [2.24, 2.45) is 11.8 Å². The van der Waals surface area contributed by atoms with Crippen LogP contribution in [0.1, 0.15) is 25.7 Å². The Morgan fingerprint density at radius 3 is 2.50 bits per heavy atom. The molecule has 96 valence electrons. The van der Waals surface area contributed by atoms with Crippen LogP contribution >= 0.6 is 0 Å². The van der Waals surface area contributed by atoms with Crippen molar-refractivity contribution in [2.75, 3.05) is 19.1 Å². The molecule has 0 aliphatic heterocycles. The number of rotatable bonds is 8. The second kappa shape index (κ2) is 5.95. The van der Waals surface area contributed by atoms with Crippen LogP contribution in [0.3, 0.4) is 0 Å². The van der Waals surface area contributed by atoms with Crippen LogP contribution in [0.2, 0.25) is 0 Å². The van der Waals surface area contributed by atoms with Crippen LogP contribution in [0.15, 0.2) is 0 Å². The molecule has 16 heavy (non-hydrogen) atoms. The molecule has 0 aromatic rings. The maximum atomic E-state index is 11.0. The van der Waals surface area contributed by atoms with Crippen LogP contribution in [0.25, 0.3) is 0 Å². The summed E-state index contributed by atoms with van der Waals surface area (Å²) in [4.78, 5) is 0. The minimum absolute atomic E-state index is 0.0549. The second-order valence-electron chi connectivity index (χ2n) is 4.58. The van der Waals surface area contributed by atoms with Gasteiger partial charge in [0.1, 0.15) is 9.84 Å². The van der Waals surface area contributed by atoms with Crippen molar-refractivity contribution in [3.8, 4) is 0 Å². The predicted molar refractivity (Wildman–Crippen MR) is 63.6 cm³/mol. The molecule has 1 saturated carbocycles. The van der Waals surface area contributed by atoms with Gasteiger partial charge in [-0.25, -0.2) is 8.42 Å². The summed E-state index contributed by atoms with van der Waals surface area (Å²) in [5.41, 5.74) is 2.74. The zero-order valence-electron chi connectivity index (χ0n) is 9.98. The summed E-state index contributed by atoms with van der Waals surface area (Å²) in [6.45, 7) is 0. The number of hydrogen-bond acceptors (Lipinski definition) is 5. The number of hydrogen-bond donors (Lipinski definition) is 2. The second-order valence-corrected chi connectivity index (χ2v) is 6.84. The molecule has 0 radical (unpaired) electrons. The van der Waals surface area contributed by atoms with E-state index in [4.69, 9.17) is 10.6 Å². The van der Waals surface area contributed by atoms with Crippen molar-refractivity contribution in [1.29, 1.82) is 0 Å². The Morgan fingerprint density at radius 1 is 1.50 bits per heavy atom. The first kappa shape index (κ1) is 13.9. The van der Waals surface area contributed by atoms with Crippen molar-refractivity contribution < 1.29 is 13.2 Å². The summed E-state index contributed by atoms with van der Waals surface area (Å²) in [7, 11) is -1.19. The van der Waals surface area contributed by atoms with Gasteiger partial charge in [-0.2, -0.15) is 0 Å². The van der Waals surface area contributed by atoms with E-state index in [0.717, 1.165) is 6.42 Å². The highest BCUT2D eigenvalue weighted by Gasteiger charge is 2.36. The van der Waals surface area contributed by atoms with E-state index in [-0.39, 0.29) is 17.9 Å². The van der Waals surface area contributed by atoms with E-state index in [1.165, 1.54) is 19.1 Å². The topological polar surface area (TPSA) is 81.4 Å². The van der Waals surface area contributed by atoms with Crippen LogP contribution in [0.5, 0.6) is 0 Å². The standard InChI is InChI=1S/C10H22N2O3S/c1-15-10(8-5-6-8)9(12-11)4-3-7-16(2,13)14/h8-10,12H,3-7,11H2,1-2H3. The van der Waals surface area contributed by atoms with Crippen LogP contribution < -0.4 is 11.3 Å². The Hall–Kier alpha value is -0.170. The van der Waals surface area contributed by atoms with Gasteiger partial charge in [0.05, 0.1) is 6.10 Å². The molecule has 1 aliphatic carbocycles. The Bertz CT molecular complexity index is 301. The predicted octanol–water partition coefficient (Wildman–Crippen LogP) is 0.0681. The van der Waals surface area contributed by atoms with E-state index >= 15 is 0 Å². The molecule has 0 spiro atoms. The highest BCUT2D eigenvalue weighted by atomic mass is 32.2. The highest BCUT2D eigenvalue weighted by Crippen LogP contribution is 2.36. The van der Waals surface area contributed by atoms with Gasteiger partial charge in [-0.15, -0.1) is 0 Å². The van der Waals surface area contributed by atoms with E-state index < -0.39 is 9.84 Å². The van der Waals surface area contributed by atoms with Crippen LogP contribution in [-0.4, -0.2) is 39.7 Å². The van der Waals surface area contributed by atoms with Crippen molar-refractivity contribution >= 4 is 9.84 Å². The van der Waals surface area contributed by atoms with Crippen molar-refractivity contribution in [3.63, 3.8) is 0 Å². The van der Waals surface area contributed by atoms with E-state index in [9.17, 15) is 8.42 Å². The largest absolute Gasteiger partial charge is 0.379 e. The zero-order chi connectivity index (χ0) is 12.2. The first-order chi connectivity index (χ1) is 7.48. The average molecular weight is 250 g/mol. The van der Waals surface area contributed by atoms with E-state index in [2.05, 4.69) is 5.43 Å². The molecule has 3 N–H and O–H groups in total. The van der Waals surface area contributed by atoms with E-state index in [0.29, 0.717) is 12.3 Å². The molecule has 0 aromatic heterocycles. The Morgan fingerprint density at radius 2 is 2.12 bits per heavy atom. The summed E-state index contributed by atoms with van der Waals surface area (Å²) in [6.07, 6.45) is 5.10. The first-order valence-electron chi connectivity index (χ1n) is 5.64. The molecule has 6 heteroatoms. The summed E-state index contributed by atoms with van der Waals surface area (Å²) >= 11 is 0. The van der Waals surface area contributed by atoms with E-state index in [1.54, 1.807) is 7.11 Å². The minimum atomic E-state index is -2.87. The van der Waals surface area contributed by atoms with E-state index in [1.807, 2.05) is 0 Å². The van der Waals surface area contributed by atoms with Crippen molar-refractivity contribution in [3.05, 3.63) is 0 Å². The maximum absolute atomic E-state index is 11.0. The number of ether oxygens (including phenoxy) is 1. The number of methoxy groups -OCH3 is 1. The normalized spacial score (nSPS) is 20.7. The summed E-state index contributed by atoms with van der Waals surface area (Å²) in [5.74, 6) is 6.29. The lowest BCUT2D eigenvalue weighted by atomic mass is 10.0. The van der Waals surface area contributed by atoms with Gasteiger partial charge in [-0.1, -0.05) is 0 Å².